The number of rotatable bonds is 7. The Balaban J connectivity index is 1.43. The van der Waals surface area contributed by atoms with Crippen molar-refractivity contribution in [3.8, 4) is 17.2 Å². The average Bonchev–Trinajstić information content (AvgIpc) is 3.39. The van der Waals surface area contributed by atoms with Gasteiger partial charge in [-0.2, -0.15) is 0 Å². The van der Waals surface area contributed by atoms with Gasteiger partial charge < -0.3 is 14.5 Å². The number of para-hydroxylation sites is 2. The van der Waals surface area contributed by atoms with Gasteiger partial charge in [0.2, 0.25) is 16.9 Å². The Morgan fingerprint density at radius 2 is 1.79 bits per heavy atom. The first-order valence-electron chi connectivity index (χ1n) is 8.52. The first-order chi connectivity index (χ1) is 13.7. The van der Waals surface area contributed by atoms with Crippen LogP contribution in [0.2, 0.25) is 0 Å². The van der Waals surface area contributed by atoms with E-state index in [-0.39, 0.29) is 5.25 Å². The highest BCUT2D eigenvalue weighted by atomic mass is 32.2. The van der Waals surface area contributed by atoms with Gasteiger partial charge in [-0.15, -0.1) is 20.4 Å². The summed E-state index contributed by atoms with van der Waals surface area (Å²) in [4.78, 5) is 0. The van der Waals surface area contributed by atoms with Crippen LogP contribution >= 0.6 is 23.1 Å². The van der Waals surface area contributed by atoms with Gasteiger partial charge in [-0.05, 0) is 31.2 Å². The highest BCUT2D eigenvalue weighted by molar-refractivity contribution is 8.01. The van der Waals surface area contributed by atoms with Gasteiger partial charge in [0.25, 0.3) is 0 Å². The molecule has 28 heavy (non-hydrogen) atoms. The van der Waals surface area contributed by atoms with Crippen LogP contribution in [0.4, 0.5) is 10.8 Å². The molecule has 0 amide bonds. The summed E-state index contributed by atoms with van der Waals surface area (Å²) in [7, 11) is 1.64. The molecular weight excluding hydrogens is 394 g/mol. The summed E-state index contributed by atoms with van der Waals surface area (Å²) < 4.78 is 12.0. The number of hydrogen-bond acceptors (Lipinski definition) is 9. The van der Waals surface area contributed by atoms with Gasteiger partial charge in [0, 0.05) is 5.56 Å². The van der Waals surface area contributed by atoms with E-state index >= 15 is 0 Å². The second kappa shape index (κ2) is 8.41. The largest absolute Gasteiger partial charge is 0.495 e. The molecule has 1 N–H and O–H groups in total. The third-order valence-electron chi connectivity index (χ3n) is 3.84. The number of nitrogens with zero attached hydrogens (tertiary/aromatic N) is 4. The molecule has 2 aromatic heterocycles. The maximum Gasteiger partial charge on any atom is 0.247 e. The maximum absolute atomic E-state index is 5.82. The van der Waals surface area contributed by atoms with E-state index in [1.54, 1.807) is 7.11 Å². The lowest BCUT2D eigenvalue weighted by molar-refractivity contribution is 0.417. The fourth-order valence-corrected chi connectivity index (χ4v) is 4.41. The fourth-order valence-electron chi connectivity index (χ4n) is 2.47. The van der Waals surface area contributed by atoms with E-state index in [1.807, 2.05) is 61.5 Å². The molecule has 0 aliphatic carbocycles. The molecule has 0 saturated heterocycles. The van der Waals surface area contributed by atoms with Gasteiger partial charge in [0.05, 0.1) is 18.0 Å². The average molecular weight is 412 g/mol. The minimum absolute atomic E-state index is 0.0444. The summed E-state index contributed by atoms with van der Waals surface area (Å²) in [6.07, 6.45) is 0. The summed E-state index contributed by atoms with van der Waals surface area (Å²) in [5.74, 6) is 1.82. The van der Waals surface area contributed by atoms with E-state index in [1.165, 1.54) is 23.1 Å². The number of nitrogens with one attached hydrogen (secondary N) is 1. The number of thioether (sulfide) groups is 1. The Morgan fingerprint density at radius 3 is 2.61 bits per heavy atom. The van der Waals surface area contributed by atoms with E-state index in [0.29, 0.717) is 16.9 Å². The van der Waals surface area contributed by atoms with Crippen molar-refractivity contribution in [2.24, 2.45) is 0 Å². The minimum Gasteiger partial charge on any atom is -0.495 e. The molecule has 0 saturated carbocycles. The molecule has 4 aromatic rings. The molecule has 0 radical (unpaired) electrons. The van der Waals surface area contributed by atoms with E-state index in [2.05, 4.69) is 25.7 Å². The van der Waals surface area contributed by atoms with Crippen molar-refractivity contribution in [3.05, 3.63) is 60.5 Å². The summed E-state index contributed by atoms with van der Waals surface area (Å²) in [6, 6.07) is 17.4. The van der Waals surface area contributed by atoms with E-state index in [9.17, 15) is 0 Å². The van der Waals surface area contributed by atoms with Crippen LogP contribution in [0, 0.1) is 0 Å². The minimum atomic E-state index is -0.0444. The van der Waals surface area contributed by atoms with Crippen LogP contribution in [0.1, 0.15) is 18.1 Å². The van der Waals surface area contributed by atoms with Crippen LogP contribution in [-0.4, -0.2) is 27.5 Å². The molecule has 4 rings (SSSR count). The molecule has 1 atom stereocenters. The Bertz CT molecular complexity index is 1050. The monoisotopic (exact) mass is 411 g/mol. The lowest BCUT2D eigenvalue weighted by Gasteiger charge is -2.07. The van der Waals surface area contributed by atoms with Crippen molar-refractivity contribution < 1.29 is 9.15 Å². The van der Waals surface area contributed by atoms with Gasteiger partial charge in [0.1, 0.15) is 5.75 Å². The quantitative estimate of drug-likeness (QED) is 0.416. The molecular formula is C19H17N5O2S2. The Morgan fingerprint density at radius 1 is 1.00 bits per heavy atom. The molecule has 2 aromatic carbocycles. The molecule has 2 heterocycles. The SMILES string of the molecule is COc1ccccc1Nc1nnc(S[C@H](C)c2nnc(-c3ccccc3)o2)s1. The molecule has 7 nitrogen and oxygen atoms in total. The second-order valence-electron chi connectivity index (χ2n) is 5.77. The number of hydrogen-bond donors (Lipinski definition) is 1. The summed E-state index contributed by atoms with van der Waals surface area (Å²) in [6.45, 7) is 2.00. The van der Waals surface area contributed by atoms with E-state index < -0.39 is 0 Å². The van der Waals surface area contributed by atoms with Crippen LogP contribution in [0.25, 0.3) is 11.5 Å². The molecule has 0 unspecified atom stereocenters. The van der Waals surface area contributed by atoms with Crippen LogP contribution in [0.3, 0.4) is 0 Å². The van der Waals surface area contributed by atoms with Crippen molar-refractivity contribution in [2.75, 3.05) is 12.4 Å². The van der Waals surface area contributed by atoms with E-state index in [0.717, 1.165) is 21.3 Å². The van der Waals surface area contributed by atoms with Crippen molar-refractivity contribution in [1.29, 1.82) is 0 Å². The number of anilines is 2. The number of ether oxygens (including phenoxy) is 1. The van der Waals surface area contributed by atoms with Gasteiger partial charge in [-0.1, -0.05) is 53.4 Å². The molecule has 9 heteroatoms. The Labute approximate surface area is 170 Å². The number of benzene rings is 2. The second-order valence-corrected chi connectivity index (χ2v) is 8.34. The van der Waals surface area contributed by atoms with Crippen LogP contribution in [0.5, 0.6) is 5.75 Å². The van der Waals surface area contributed by atoms with Crippen molar-refractivity contribution >= 4 is 33.9 Å². The van der Waals surface area contributed by atoms with E-state index in [4.69, 9.17) is 9.15 Å². The Hall–Kier alpha value is -2.91. The number of methoxy groups -OCH3 is 1. The predicted octanol–water partition coefficient (Wildman–Crippen LogP) is 5.19. The first kappa shape index (κ1) is 18.5. The normalized spacial score (nSPS) is 11.9. The van der Waals surface area contributed by atoms with Crippen LogP contribution in [0.15, 0.2) is 63.4 Å². The summed E-state index contributed by atoms with van der Waals surface area (Å²) >= 11 is 2.98. The highest BCUT2D eigenvalue weighted by Crippen LogP contribution is 2.38. The van der Waals surface area contributed by atoms with Crippen LogP contribution in [-0.2, 0) is 0 Å². The fraction of sp³-hybridized carbons (Fsp3) is 0.158. The third kappa shape index (κ3) is 4.15. The zero-order valence-corrected chi connectivity index (χ0v) is 16.8. The molecule has 142 valence electrons. The van der Waals surface area contributed by atoms with Crippen molar-refractivity contribution in [3.63, 3.8) is 0 Å². The summed E-state index contributed by atoms with van der Waals surface area (Å²) in [5.41, 5.74) is 1.74. The molecule has 0 spiro atoms. The molecule has 0 aliphatic heterocycles. The zero-order valence-electron chi connectivity index (χ0n) is 15.2. The van der Waals surface area contributed by atoms with Crippen molar-refractivity contribution in [1.82, 2.24) is 20.4 Å². The number of aromatic nitrogens is 4. The lowest BCUT2D eigenvalue weighted by atomic mass is 10.2. The lowest BCUT2D eigenvalue weighted by Crippen LogP contribution is -1.93. The van der Waals surface area contributed by atoms with Gasteiger partial charge in [0.15, 0.2) is 4.34 Å². The Kier molecular flexibility index (Phi) is 5.54. The zero-order chi connectivity index (χ0) is 19.3. The standard InChI is InChI=1S/C19H17N5O2S2/c1-12(16-21-22-17(26-16)13-8-4-3-5-9-13)27-19-24-23-18(28-19)20-14-10-6-7-11-15(14)25-2/h3-12H,1-2H3,(H,20,23)/t12-/m1/s1. The topological polar surface area (TPSA) is 86.0 Å². The molecule has 0 bridgehead atoms. The summed E-state index contributed by atoms with van der Waals surface area (Å²) in [5, 5.41) is 20.6. The molecule has 0 fully saturated rings. The van der Waals surface area contributed by atoms with Gasteiger partial charge in [-0.25, -0.2) is 0 Å². The van der Waals surface area contributed by atoms with Gasteiger partial charge in [-0.3, -0.25) is 0 Å². The maximum atomic E-state index is 5.82. The third-order valence-corrected chi connectivity index (χ3v) is 5.85. The smallest absolute Gasteiger partial charge is 0.247 e. The molecule has 0 aliphatic rings. The van der Waals surface area contributed by atoms with Crippen LogP contribution < -0.4 is 10.1 Å². The first-order valence-corrected chi connectivity index (χ1v) is 10.2. The van der Waals surface area contributed by atoms with Crippen molar-refractivity contribution in [2.45, 2.75) is 16.5 Å². The van der Waals surface area contributed by atoms with Gasteiger partial charge >= 0.3 is 0 Å². The highest BCUT2D eigenvalue weighted by Gasteiger charge is 2.18. The predicted molar refractivity (Wildman–Crippen MR) is 110 cm³/mol.